The van der Waals surface area contributed by atoms with Crippen LogP contribution in [0.2, 0.25) is 0 Å². The predicted molar refractivity (Wildman–Crippen MR) is 69.6 cm³/mol. The SMILES string of the molecule is O=C(O)COC1CCN(C(=O)c2c[nH]ccc2=O)CC1. The van der Waals surface area contributed by atoms with Crippen molar-refractivity contribution in [3.63, 3.8) is 0 Å². The first-order valence-corrected chi connectivity index (χ1v) is 6.37. The Morgan fingerprint density at radius 2 is 2.10 bits per heavy atom. The molecule has 1 amide bonds. The number of nitrogens with one attached hydrogen (secondary N) is 1. The zero-order valence-electron chi connectivity index (χ0n) is 10.9. The van der Waals surface area contributed by atoms with Crippen molar-refractivity contribution in [2.45, 2.75) is 18.9 Å². The van der Waals surface area contributed by atoms with Crippen LogP contribution in [0.5, 0.6) is 0 Å². The third kappa shape index (κ3) is 3.45. The van der Waals surface area contributed by atoms with Gasteiger partial charge in [0.05, 0.1) is 6.10 Å². The molecule has 2 rings (SSSR count). The molecule has 0 unspecified atom stereocenters. The van der Waals surface area contributed by atoms with Crippen molar-refractivity contribution < 1.29 is 19.4 Å². The van der Waals surface area contributed by atoms with E-state index in [0.29, 0.717) is 25.9 Å². The molecule has 20 heavy (non-hydrogen) atoms. The highest BCUT2D eigenvalue weighted by Gasteiger charge is 2.25. The molecule has 7 heteroatoms. The van der Waals surface area contributed by atoms with Crippen LogP contribution < -0.4 is 5.43 Å². The lowest BCUT2D eigenvalue weighted by Gasteiger charge is -2.31. The molecular formula is C13H16N2O5. The highest BCUT2D eigenvalue weighted by atomic mass is 16.5. The number of nitrogens with zero attached hydrogens (tertiary/aromatic N) is 1. The summed E-state index contributed by atoms with van der Waals surface area (Å²) in [5.74, 6) is -1.30. The van der Waals surface area contributed by atoms with Gasteiger partial charge in [0.25, 0.3) is 5.91 Å². The molecule has 0 bridgehead atoms. The second kappa shape index (κ2) is 6.33. The number of ether oxygens (including phenoxy) is 1. The fourth-order valence-electron chi connectivity index (χ4n) is 2.17. The summed E-state index contributed by atoms with van der Waals surface area (Å²) in [6.45, 7) is 0.589. The lowest BCUT2D eigenvalue weighted by atomic mass is 10.1. The molecular weight excluding hydrogens is 264 g/mol. The van der Waals surface area contributed by atoms with Gasteiger partial charge in [0.1, 0.15) is 12.2 Å². The van der Waals surface area contributed by atoms with E-state index in [0.717, 1.165) is 0 Å². The number of carbonyl (C=O) groups excluding carboxylic acids is 1. The third-order valence-electron chi connectivity index (χ3n) is 3.23. The number of pyridine rings is 1. The van der Waals surface area contributed by atoms with E-state index >= 15 is 0 Å². The van der Waals surface area contributed by atoms with Crippen LogP contribution in [0, 0.1) is 0 Å². The van der Waals surface area contributed by atoms with Gasteiger partial charge in [0.2, 0.25) is 0 Å². The van der Waals surface area contributed by atoms with Gasteiger partial charge >= 0.3 is 5.97 Å². The minimum Gasteiger partial charge on any atom is -0.480 e. The Morgan fingerprint density at radius 1 is 1.40 bits per heavy atom. The molecule has 1 aromatic heterocycles. The predicted octanol–water partition coefficient (Wildman–Crippen LogP) is 0.0807. The van der Waals surface area contributed by atoms with Crippen molar-refractivity contribution in [1.82, 2.24) is 9.88 Å². The largest absolute Gasteiger partial charge is 0.480 e. The van der Waals surface area contributed by atoms with E-state index in [9.17, 15) is 14.4 Å². The number of carboxylic acids is 1. The number of piperidine rings is 1. The standard InChI is InChI=1S/C13H16N2O5/c16-11-1-4-14-7-10(11)13(19)15-5-2-9(3-6-15)20-8-12(17)18/h1,4,7,9H,2-3,5-6,8H2,(H,14,16)(H,17,18). The van der Waals surface area contributed by atoms with E-state index in [1.54, 1.807) is 4.90 Å². The molecule has 1 aliphatic heterocycles. The number of aromatic amines is 1. The molecule has 2 heterocycles. The average molecular weight is 280 g/mol. The summed E-state index contributed by atoms with van der Waals surface area (Å²) in [6.07, 6.45) is 3.88. The normalized spacial score (nSPS) is 16.1. The number of carboxylic acid groups (broad SMARTS) is 1. The molecule has 0 radical (unpaired) electrons. The third-order valence-corrected chi connectivity index (χ3v) is 3.23. The summed E-state index contributed by atoms with van der Waals surface area (Å²) in [6, 6.07) is 1.32. The maximum Gasteiger partial charge on any atom is 0.329 e. The first-order valence-electron chi connectivity index (χ1n) is 6.37. The first kappa shape index (κ1) is 14.3. The number of likely N-dealkylation sites (tertiary alicyclic amines) is 1. The minimum absolute atomic E-state index is 0.123. The highest BCUT2D eigenvalue weighted by molar-refractivity contribution is 5.93. The fourth-order valence-corrected chi connectivity index (χ4v) is 2.17. The van der Waals surface area contributed by atoms with Crippen LogP contribution in [0.1, 0.15) is 23.2 Å². The van der Waals surface area contributed by atoms with Gasteiger partial charge in [-0.05, 0) is 12.8 Å². The highest BCUT2D eigenvalue weighted by Crippen LogP contribution is 2.15. The quantitative estimate of drug-likeness (QED) is 0.813. The number of carbonyl (C=O) groups is 2. The first-order chi connectivity index (χ1) is 9.58. The van der Waals surface area contributed by atoms with Gasteiger partial charge in [-0.15, -0.1) is 0 Å². The van der Waals surface area contributed by atoms with Crippen molar-refractivity contribution in [1.29, 1.82) is 0 Å². The lowest BCUT2D eigenvalue weighted by molar-refractivity contribution is -0.145. The summed E-state index contributed by atoms with van der Waals surface area (Å²) >= 11 is 0. The Balaban J connectivity index is 1.91. The van der Waals surface area contributed by atoms with E-state index in [2.05, 4.69) is 4.98 Å². The van der Waals surface area contributed by atoms with Crippen molar-refractivity contribution in [2.75, 3.05) is 19.7 Å². The molecule has 0 spiro atoms. The smallest absolute Gasteiger partial charge is 0.329 e. The Labute approximate surface area is 115 Å². The van der Waals surface area contributed by atoms with Crippen LogP contribution in [-0.2, 0) is 9.53 Å². The fraction of sp³-hybridized carbons (Fsp3) is 0.462. The van der Waals surface area contributed by atoms with E-state index in [4.69, 9.17) is 9.84 Å². The molecule has 2 N–H and O–H groups in total. The summed E-state index contributed by atoms with van der Waals surface area (Å²) in [5, 5.41) is 8.54. The van der Waals surface area contributed by atoms with Crippen molar-refractivity contribution >= 4 is 11.9 Å². The molecule has 0 atom stereocenters. The molecule has 108 valence electrons. The number of amides is 1. The topological polar surface area (TPSA) is 99.7 Å². The zero-order chi connectivity index (χ0) is 14.5. The molecule has 0 aromatic carbocycles. The van der Waals surface area contributed by atoms with Crippen LogP contribution in [0.15, 0.2) is 23.3 Å². The molecule has 7 nitrogen and oxygen atoms in total. The number of H-pyrrole nitrogens is 1. The summed E-state index contributed by atoms with van der Waals surface area (Å²) in [4.78, 5) is 38.5. The number of aromatic nitrogens is 1. The minimum atomic E-state index is -1.00. The van der Waals surface area contributed by atoms with Gasteiger partial charge in [-0.2, -0.15) is 0 Å². The van der Waals surface area contributed by atoms with Gasteiger partial charge in [0.15, 0.2) is 5.43 Å². The van der Waals surface area contributed by atoms with E-state index in [1.165, 1.54) is 18.5 Å². The van der Waals surface area contributed by atoms with Crippen LogP contribution in [0.3, 0.4) is 0 Å². The van der Waals surface area contributed by atoms with Crippen LogP contribution in [0.4, 0.5) is 0 Å². The van der Waals surface area contributed by atoms with Gasteiger partial charge in [-0.3, -0.25) is 9.59 Å². The lowest BCUT2D eigenvalue weighted by Crippen LogP contribution is -2.42. The average Bonchev–Trinajstić information content (AvgIpc) is 2.45. The van der Waals surface area contributed by atoms with Crippen molar-refractivity contribution in [3.8, 4) is 0 Å². The Kier molecular flexibility index (Phi) is 4.52. The van der Waals surface area contributed by atoms with Gasteiger partial charge in [-0.25, -0.2) is 4.79 Å². The van der Waals surface area contributed by atoms with Gasteiger partial charge in [-0.1, -0.05) is 0 Å². The van der Waals surface area contributed by atoms with E-state index in [1.807, 2.05) is 0 Å². The van der Waals surface area contributed by atoms with Crippen molar-refractivity contribution in [3.05, 3.63) is 34.2 Å². The number of rotatable bonds is 4. The Hall–Kier alpha value is -2.15. The maximum absolute atomic E-state index is 12.2. The van der Waals surface area contributed by atoms with Crippen molar-refractivity contribution in [2.24, 2.45) is 0 Å². The number of hydrogen-bond acceptors (Lipinski definition) is 4. The van der Waals surface area contributed by atoms with Crippen LogP contribution >= 0.6 is 0 Å². The van der Waals surface area contributed by atoms with E-state index in [-0.39, 0.29) is 29.6 Å². The second-order valence-electron chi connectivity index (χ2n) is 4.62. The molecule has 0 aliphatic carbocycles. The Bertz CT molecular complexity index is 546. The number of hydrogen-bond donors (Lipinski definition) is 2. The monoisotopic (exact) mass is 280 g/mol. The van der Waals surface area contributed by atoms with E-state index < -0.39 is 5.97 Å². The molecule has 1 saturated heterocycles. The van der Waals surface area contributed by atoms with Crippen LogP contribution in [0.25, 0.3) is 0 Å². The van der Waals surface area contributed by atoms with Gasteiger partial charge < -0.3 is 19.7 Å². The number of aliphatic carboxylic acids is 1. The molecule has 1 aliphatic rings. The van der Waals surface area contributed by atoms with Crippen LogP contribution in [-0.4, -0.2) is 52.7 Å². The second-order valence-corrected chi connectivity index (χ2v) is 4.62. The maximum atomic E-state index is 12.2. The molecule has 1 aromatic rings. The van der Waals surface area contributed by atoms with Gasteiger partial charge in [0, 0.05) is 31.5 Å². The zero-order valence-corrected chi connectivity index (χ0v) is 10.9. The summed E-state index contributed by atoms with van der Waals surface area (Å²) in [7, 11) is 0. The summed E-state index contributed by atoms with van der Waals surface area (Å²) in [5.41, 5.74) is -0.185. The Morgan fingerprint density at radius 3 is 2.70 bits per heavy atom. The summed E-state index contributed by atoms with van der Waals surface area (Å²) < 4.78 is 5.20. The molecule has 1 fully saturated rings. The molecule has 0 saturated carbocycles.